The molecule has 3 heterocycles. The maximum Gasteiger partial charge on any atom is 1.00 e. The van der Waals surface area contributed by atoms with Crippen molar-refractivity contribution in [3.05, 3.63) is 121 Å². The molecule has 0 bridgehead atoms. The molecule has 43 heavy (non-hydrogen) atoms. The van der Waals surface area contributed by atoms with Gasteiger partial charge in [-0.25, -0.2) is 0 Å². The molecule has 218 valence electrons. The number of aromatic nitrogens is 3. The van der Waals surface area contributed by atoms with Crippen molar-refractivity contribution in [2.45, 2.75) is 52.4 Å². The first kappa shape index (κ1) is 30.3. The molecule has 0 spiro atoms. The van der Waals surface area contributed by atoms with Gasteiger partial charge in [-0.05, 0) is 57.0 Å². The maximum atomic E-state index is 4.62. The van der Waals surface area contributed by atoms with Crippen molar-refractivity contribution in [1.82, 2.24) is 24.1 Å². The number of rotatable bonds is 2. The Morgan fingerprint density at radius 2 is 0.977 bits per heavy atom. The second kappa shape index (κ2) is 11.9. The van der Waals surface area contributed by atoms with Gasteiger partial charge in [0.15, 0.2) is 17.6 Å². The van der Waals surface area contributed by atoms with Gasteiger partial charge >= 0.3 is 40.0 Å². The average Bonchev–Trinajstić information content (AvgIpc) is 3.56. The van der Waals surface area contributed by atoms with Crippen LogP contribution in [0.15, 0.2) is 109 Å². The third kappa shape index (κ3) is 6.17. The van der Waals surface area contributed by atoms with Crippen LogP contribution in [0.25, 0.3) is 21.8 Å². The molecule has 0 atom stereocenters. The summed E-state index contributed by atoms with van der Waals surface area (Å²) in [5.74, 6) is 1.58. The summed E-state index contributed by atoms with van der Waals surface area (Å²) in [6, 6.07) is 37.1. The third-order valence-electron chi connectivity index (χ3n) is 7.56. The smallest absolute Gasteiger partial charge is 0.657 e. The van der Waals surface area contributed by atoms with E-state index in [0.29, 0.717) is 0 Å². The van der Waals surface area contributed by atoms with Crippen molar-refractivity contribution in [2.24, 2.45) is 0 Å². The summed E-state index contributed by atoms with van der Waals surface area (Å²) in [5.41, 5.74) is 6.93. The van der Waals surface area contributed by atoms with E-state index < -0.39 is 0 Å². The van der Waals surface area contributed by atoms with E-state index in [9.17, 15) is 0 Å². The van der Waals surface area contributed by atoms with E-state index in [2.05, 4.69) is 147 Å². The maximum absolute atomic E-state index is 4.62. The van der Waals surface area contributed by atoms with Gasteiger partial charge in [-0.2, -0.15) is 4.98 Å². The van der Waals surface area contributed by atoms with E-state index in [-0.39, 0.29) is 33.2 Å². The Kier molecular flexibility index (Phi) is 8.38. The second-order valence-electron chi connectivity index (χ2n) is 12.7. The van der Waals surface area contributed by atoms with Crippen molar-refractivity contribution >= 4 is 50.8 Å². The predicted octanol–water partition coefficient (Wildman–Crippen LogP) is 8.88. The Labute approximate surface area is 269 Å². The minimum atomic E-state index is 0. The van der Waals surface area contributed by atoms with E-state index >= 15 is 0 Å². The topological polar surface area (TPSA) is 45.9 Å². The van der Waals surface area contributed by atoms with Crippen LogP contribution in [0.1, 0.15) is 52.7 Å². The monoisotopic (exact) mass is 747 g/mol. The molecule has 7 rings (SSSR count). The van der Waals surface area contributed by atoms with Crippen molar-refractivity contribution in [3.8, 4) is 0 Å². The van der Waals surface area contributed by atoms with E-state index in [1.54, 1.807) is 12.4 Å². The molecule has 4 aromatic carbocycles. The number of para-hydroxylation sites is 2. The molecular weight excluding hydrogens is 711 g/mol. The molecule has 0 aliphatic carbocycles. The normalized spacial score (nSPS) is 12.6. The molecule has 2 aromatic heterocycles. The molecule has 1 aliphatic heterocycles. The van der Waals surface area contributed by atoms with Crippen molar-refractivity contribution in [3.63, 3.8) is 0 Å². The van der Waals surface area contributed by atoms with Crippen LogP contribution in [-0.2, 0) is 33.2 Å². The third-order valence-corrected chi connectivity index (χ3v) is 7.56. The standard InChI is InChI=1S/C25H28N4.C12H8N.Au/c1-24(2,3)18-9-7-11-20(15-18)28-17-29(23-22(28)26-13-14-27-23)21-12-8-10-19(16-21)25(4,5)6;1-3-7-11-9(5-1)10-6-2-4-8-12(10)13-11;/h7-16H,1-6H3;1-8H;/q+2;-1;+1. The first-order valence-corrected chi connectivity index (χ1v) is 14.4. The average molecular weight is 748 g/mol. The molecule has 0 N–H and O–H groups in total. The van der Waals surface area contributed by atoms with Crippen LogP contribution in [-0.4, -0.2) is 16.0 Å². The van der Waals surface area contributed by atoms with Crippen LogP contribution in [0, 0.1) is 0 Å². The zero-order valence-electron chi connectivity index (χ0n) is 25.4. The van der Waals surface area contributed by atoms with Crippen molar-refractivity contribution in [2.75, 3.05) is 0 Å². The van der Waals surface area contributed by atoms with Gasteiger partial charge in [0.2, 0.25) is 0 Å². The molecule has 6 aromatic rings. The number of hydrogen-bond donors (Lipinski definition) is 0. The Bertz CT molecular complexity index is 1860. The molecule has 0 radical (unpaired) electrons. The molecule has 1 aliphatic rings. The van der Waals surface area contributed by atoms with Crippen LogP contribution >= 0.6 is 0 Å². The van der Waals surface area contributed by atoms with Gasteiger partial charge in [0.25, 0.3) is 0 Å². The molecule has 0 unspecified atom stereocenters. The summed E-state index contributed by atoms with van der Waals surface area (Å²) in [5, 5.41) is 2.50. The zero-order chi connectivity index (χ0) is 29.5. The molecule has 0 amide bonds. The van der Waals surface area contributed by atoms with Gasteiger partial charge in [0, 0.05) is 4.98 Å². The summed E-state index contributed by atoms with van der Waals surface area (Å²) < 4.78 is 4.00. The first-order valence-electron chi connectivity index (χ1n) is 14.4. The van der Waals surface area contributed by atoms with Gasteiger partial charge < -0.3 is 4.98 Å². The molecule has 5 nitrogen and oxygen atoms in total. The van der Waals surface area contributed by atoms with Crippen LogP contribution in [0.3, 0.4) is 0 Å². The van der Waals surface area contributed by atoms with Gasteiger partial charge in [-0.15, -0.1) is 11.0 Å². The SMILES string of the molecule is CC(C)(C)c1cccc([N+]2=C=[N+](c3cccc(C(C)(C)C)c3)c3nccnc32)c1.[Au+].c1ccc2c(c1)[n-]c1ccccc12. The second-order valence-corrected chi connectivity index (χ2v) is 12.7. The van der Waals surface area contributed by atoms with Crippen LogP contribution < -0.4 is 14.1 Å². The van der Waals surface area contributed by atoms with E-state index in [1.807, 2.05) is 21.3 Å². The first-order chi connectivity index (χ1) is 20.1. The fourth-order valence-corrected chi connectivity index (χ4v) is 5.14. The summed E-state index contributed by atoms with van der Waals surface area (Å²) in [7, 11) is 0. The molecule has 6 heteroatoms. The fraction of sp³-hybridized carbons (Fsp3) is 0.216. The minimum absolute atomic E-state index is 0. The fourth-order valence-electron chi connectivity index (χ4n) is 5.14. The molecule has 0 saturated heterocycles. The largest absolute Gasteiger partial charge is 1.00 e. The van der Waals surface area contributed by atoms with Crippen molar-refractivity contribution in [1.29, 1.82) is 0 Å². The van der Waals surface area contributed by atoms with Gasteiger partial charge in [-0.3, -0.25) is 0 Å². The summed E-state index contributed by atoms with van der Waals surface area (Å²) in [6.07, 6.45) is 3.46. The van der Waals surface area contributed by atoms with Crippen LogP contribution in [0.4, 0.5) is 23.0 Å². The predicted molar refractivity (Wildman–Crippen MR) is 175 cm³/mol. The number of fused-ring (bicyclic) bond motifs is 4. The summed E-state index contributed by atoms with van der Waals surface area (Å²) >= 11 is 0. The Hall–Kier alpha value is -4.12. The zero-order valence-corrected chi connectivity index (χ0v) is 27.6. The quantitative estimate of drug-likeness (QED) is 0.131. The minimum Gasteiger partial charge on any atom is -0.657 e. The van der Waals surface area contributed by atoms with Gasteiger partial charge in [0.05, 0.1) is 6.20 Å². The van der Waals surface area contributed by atoms with Crippen molar-refractivity contribution < 1.29 is 22.4 Å². The summed E-state index contributed by atoms with van der Waals surface area (Å²) in [4.78, 5) is 13.7. The van der Waals surface area contributed by atoms with E-state index in [1.165, 1.54) is 21.9 Å². The van der Waals surface area contributed by atoms with Crippen LogP contribution in [0.5, 0.6) is 0 Å². The number of benzene rings is 4. The number of nitrogens with zero attached hydrogens (tertiary/aromatic N) is 5. The van der Waals surface area contributed by atoms with Gasteiger partial charge in [-0.1, -0.05) is 123 Å². The Morgan fingerprint density at radius 1 is 0.558 bits per heavy atom. The Morgan fingerprint density at radius 3 is 1.40 bits per heavy atom. The molecule has 0 saturated carbocycles. The molecule has 0 fully saturated rings. The van der Waals surface area contributed by atoms with Crippen LogP contribution in [0.2, 0.25) is 0 Å². The van der Waals surface area contributed by atoms with Gasteiger partial charge in [0.1, 0.15) is 0 Å². The molecular formula is C37H36AuN5+2. The van der Waals surface area contributed by atoms with E-state index in [4.69, 9.17) is 0 Å². The summed E-state index contributed by atoms with van der Waals surface area (Å²) in [6.45, 7) is 13.3. The Balaban J connectivity index is 0.000000218. The number of hydrogen-bond acceptors (Lipinski definition) is 2. The van der Waals surface area contributed by atoms with E-state index in [0.717, 1.165) is 34.0 Å².